The molecule has 1 aliphatic rings. The highest BCUT2D eigenvalue weighted by atomic mass is 19.4. The van der Waals surface area contributed by atoms with Crippen molar-refractivity contribution in [3.05, 3.63) is 52.3 Å². The molecular formula is C18H22F3N5O4. The summed E-state index contributed by atoms with van der Waals surface area (Å²) in [6, 6.07) is 1.48. The molecule has 0 fully saturated rings. The molecule has 12 heteroatoms. The standard InChI is InChI=1S/C18H22F3N5O4/c1-10(15(23)30-9-18(19,20)21)6-11(22)7-26-8-13-12(17(26)29)2-3-24-14(13)16(28)25-4-5-27/h2-3,6,27H,4-5,7-9,22-23H2,1H3,(H,25,28)/b11-6-,15-10+. The van der Waals surface area contributed by atoms with Crippen molar-refractivity contribution in [3.8, 4) is 0 Å². The minimum atomic E-state index is -4.52. The highest BCUT2D eigenvalue weighted by Gasteiger charge is 2.32. The number of hydrogen-bond acceptors (Lipinski definition) is 7. The van der Waals surface area contributed by atoms with Crippen LogP contribution in [0.2, 0.25) is 0 Å². The van der Waals surface area contributed by atoms with Crippen molar-refractivity contribution in [1.82, 2.24) is 15.2 Å². The number of fused-ring (bicyclic) bond motifs is 1. The number of nitrogens with zero attached hydrogens (tertiary/aromatic N) is 2. The lowest BCUT2D eigenvalue weighted by atomic mass is 10.1. The van der Waals surface area contributed by atoms with Crippen LogP contribution in [0.1, 0.15) is 33.3 Å². The first-order valence-corrected chi connectivity index (χ1v) is 8.81. The molecular weight excluding hydrogens is 407 g/mol. The lowest BCUT2D eigenvalue weighted by Crippen LogP contribution is -2.29. The Bertz CT molecular complexity index is 883. The highest BCUT2D eigenvalue weighted by Crippen LogP contribution is 2.25. The van der Waals surface area contributed by atoms with Crippen LogP contribution in [0.15, 0.2) is 35.5 Å². The molecule has 2 amide bonds. The zero-order valence-corrected chi connectivity index (χ0v) is 16.1. The van der Waals surface area contributed by atoms with Crippen LogP contribution in [0, 0.1) is 0 Å². The largest absolute Gasteiger partial charge is 0.470 e. The SMILES string of the molecule is CC(/C=C(\N)CN1Cc2c(ccnc2C(=O)NCCO)C1=O)=C(/N)OCC(F)(F)F. The fourth-order valence-corrected chi connectivity index (χ4v) is 2.75. The molecule has 0 unspecified atom stereocenters. The summed E-state index contributed by atoms with van der Waals surface area (Å²) in [6.07, 6.45) is -1.88. The van der Waals surface area contributed by atoms with Gasteiger partial charge in [0.1, 0.15) is 5.69 Å². The van der Waals surface area contributed by atoms with Gasteiger partial charge in [0.2, 0.25) is 0 Å². The Morgan fingerprint density at radius 2 is 2.13 bits per heavy atom. The van der Waals surface area contributed by atoms with Crippen molar-refractivity contribution in [3.63, 3.8) is 0 Å². The number of carbonyl (C=O) groups is 2. The van der Waals surface area contributed by atoms with E-state index in [2.05, 4.69) is 15.0 Å². The molecule has 0 bridgehead atoms. The number of aliphatic hydroxyl groups excluding tert-OH is 1. The molecule has 164 valence electrons. The fourth-order valence-electron chi connectivity index (χ4n) is 2.75. The smallest absolute Gasteiger partial charge is 0.422 e. The van der Waals surface area contributed by atoms with E-state index in [0.717, 1.165) is 0 Å². The number of alkyl halides is 3. The number of nitrogens with two attached hydrogens (primary N) is 2. The molecule has 1 aromatic heterocycles. The minimum absolute atomic E-state index is 0.0426. The molecule has 2 heterocycles. The van der Waals surface area contributed by atoms with E-state index in [0.29, 0.717) is 11.1 Å². The van der Waals surface area contributed by atoms with Crippen LogP contribution < -0.4 is 16.8 Å². The normalized spacial score (nSPS) is 15.0. The summed E-state index contributed by atoms with van der Waals surface area (Å²) in [5.41, 5.74) is 12.5. The van der Waals surface area contributed by atoms with Gasteiger partial charge in [0.15, 0.2) is 12.5 Å². The number of hydrogen-bond donors (Lipinski definition) is 4. The molecule has 0 spiro atoms. The minimum Gasteiger partial charge on any atom is -0.470 e. The summed E-state index contributed by atoms with van der Waals surface area (Å²) in [7, 11) is 0. The molecule has 0 radical (unpaired) electrons. The summed E-state index contributed by atoms with van der Waals surface area (Å²) < 4.78 is 41.1. The molecule has 0 aliphatic carbocycles. The Kier molecular flexibility index (Phi) is 7.27. The molecule has 0 saturated heterocycles. The molecule has 0 saturated carbocycles. The van der Waals surface area contributed by atoms with Crippen molar-refractivity contribution in [2.45, 2.75) is 19.6 Å². The molecule has 0 aromatic carbocycles. The van der Waals surface area contributed by atoms with Crippen LogP contribution in [-0.4, -0.2) is 59.3 Å². The second-order valence-corrected chi connectivity index (χ2v) is 6.50. The van der Waals surface area contributed by atoms with Gasteiger partial charge in [-0.3, -0.25) is 14.6 Å². The molecule has 2 rings (SSSR count). The monoisotopic (exact) mass is 429 g/mol. The van der Waals surface area contributed by atoms with Crippen LogP contribution >= 0.6 is 0 Å². The third-order valence-electron chi connectivity index (χ3n) is 4.09. The Balaban J connectivity index is 2.11. The summed E-state index contributed by atoms with van der Waals surface area (Å²) in [5, 5.41) is 11.3. The Morgan fingerprint density at radius 1 is 1.43 bits per heavy atom. The van der Waals surface area contributed by atoms with Gasteiger partial charge in [0.25, 0.3) is 11.8 Å². The van der Waals surface area contributed by atoms with Gasteiger partial charge in [0.05, 0.1) is 13.2 Å². The first-order chi connectivity index (χ1) is 14.0. The number of nitrogens with one attached hydrogen (secondary N) is 1. The lowest BCUT2D eigenvalue weighted by molar-refractivity contribution is -0.165. The average Bonchev–Trinajstić information content (AvgIpc) is 2.99. The van der Waals surface area contributed by atoms with Gasteiger partial charge in [-0.2, -0.15) is 13.2 Å². The van der Waals surface area contributed by atoms with E-state index in [9.17, 15) is 22.8 Å². The van der Waals surface area contributed by atoms with Crippen LogP contribution in [0.5, 0.6) is 0 Å². The van der Waals surface area contributed by atoms with Gasteiger partial charge in [0, 0.05) is 41.7 Å². The van der Waals surface area contributed by atoms with E-state index in [-0.39, 0.29) is 49.1 Å². The summed E-state index contributed by atoms with van der Waals surface area (Å²) in [5.74, 6) is -1.33. The average molecular weight is 429 g/mol. The molecule has 0 atom stereocenters. The van der Waals surface area contributed by atoms with Crippen molar-refractivity contribution in [2.24, 2.45) is 11.5 Å². The molecule has 1 aliphatic heterocycles. The highest BCUT2D eigenvalue weighted by molar-refractivity contribution is 6.03. The van der Waals surface area contributed by atoms with Crippen LogP contribution in [-0.2, 0) is 11.3 Å². The molecule has 6 N–H and O–H groups in total. The van der Waals surface area contributed by atoms with E-state index in [1.54, 1.807) is 0 Å². The number of amides is 2. The fraction of sp³-hybridized carbons (Fsp3) is 0.389. The van der Waals surface area contributed by atoms with Crippen molar-refractivity contribution in [2.75, 3.05) is 26.3 Å². The van der Waals surface area contributed by atoms with Crippen molar-refractivity contribution < 1.29 is 32.6 Å². The van der Waals surface area contributed by atoms with E-state index in [1.165, 1.54) is 30.2 Å². The van der Waals surface area contributed by atoms with E-state index in [1.807, 2.05) is 0 Å². The van der Waals surface area contributed by atoms with E-state index >= 15 is 0 Å². The van der Waals surface area contributed by atoms with Gasteiger partial charge >= 0.3 is 6.18 Å². The van der Waals surface area contributed by atoms with Crippen molar-refractivity contribution >= 4 is 11.8 Å². The van der Waals surface area contributed by atoms with Crippen LogP contribution in [0.4, 0.5) is 13.2 Å². The zero-order valence-electron chi connectivity index (χ0n) is 16.1. The first-order valence-electron chi connectivity index (χ1n) is 8.81. The summed E-state index contributed by atoms with van der Waals surface area (Å²) >= 11 is 0. The maximum atomic E-state index is 12.6. The zero-order chi connectivity index (χ0) is 22.5. The Hall–Kier alpha value is -3.28. The number of pyridine rings is 1. The third-order valence-corrected chi connectivity index (χ3v) is 4.09. The van der Waals surface area contributed by atoms with E-state index < -0.39 is 24.6 Å². The van der Waals surface area contributed by atoms with Crippen LogP contribution in [0.25, 0.3) is 0 Å². The number of allylic oxidation sites excluding steroid dienone is 2. The van der Waals surface area contributed by atoms with Gasteiger partial charge in [-0.25, -0.2) is 0 Å². The maximum absolute atomic E-state index is 12.6. The number of rotatable bonds is 8. The Morgan fingerprint density at radius 3 is 2.77 bits per heavy atom. The topological polar surface area (TPSA) is 144 Å². The van der Waals surface area contributed by atoms with E-state index in [4.69, 9.17) is 16.6 Å². The number of carbonyl (C=O) groups excluding carboxylic acids is 2. The quantitative estimate of drug-likeness (QED) is 0.345. The predicted octanol–water partition coefficient (Wildman–Crippen LogP) is 0.371. The van der Waals surface area contributed by atoms with Gasteiger partial charge in [-0.15, -0.1) is 0 Å². The number of aliphatic hydroxyl groups is 1. The molecule has 30 heavy (non-hydrogen) atoms. The van der Waals surface area contributed by atoms with Gasteiger partial charge < -0.3 is 31.5 Å². The predicted molar refractivity (Wildman–Crippen MR) is 99.6 cm³/mol. The van der Waals surface area contributed by atoms with Crippen molar-refractivity contribution in [1.29, 1.82) is 0 Å². The second-order valence-electron chi connectivity index (χ2n) is 6.50. The molecule has 1 aromatic rings. The molecule has 9 nitrogen and oxygen atoms in total. The lowest BCUT2D eigenvalue weighted by Gasteiger charge is -2.16. The summed E-state index contributed by atoms with van der Waals surface area (Å²) in [6.45, 7) is -0.280. The number of ether oxygens (including phenoxy) is 1. The number of halogens is 3. The van der Waals surface area contributed by atoms with Gasteiger partial charge in [-0.1, -0.05) is 0 Å². The first kappa shape index (κ1) is 23.0. The second kappa shape index (κ2) is 9.48. The Labute approximate surface area is 170 Å². The maximum Gasteiger partial charge on any atom is 0.422 e. The van der Waals surface area contributed by atoms with Crippen LogP contribution in [0.3, 0.4) is 0 Å². The summed E-state index contributed by atoms with van der Waals surface area (Å²) in [4.78, 5) is 30.2. The van der Waals surface area contributed by atoms with Gasteiger partial charge in [-0.05, 0) is 19.1 Å². The third kappa shape index (κ3) is 5.86. The number of aromatic nitrogens is 1.